The number of aromatic nitrogens is 1. The van der Waals surface area contributed by atoms with Crippen molar-refractivity contribution in [1.82, 2.24) is 9.88 Å². The summed E-state index contributed by atoms with van der Waals surface area (Å²) in [6, 6.07) is 15.7. The molecular weight excluding hydrogens is 388 g/mol. The number of amides is 1. The molecule has 3 aromatic rings. The van der Waals surface area contributed by atoms with Gasteiger partial charge in [0.1, 0.15) is 11.3 Å². The molecule has 0 aliphatic heterocycles. The van der Waals surface area contributed by atoms with Gasteiger partial charge in [0.2, 0.25) is 0 Å². The minimum atomic E-state index is -0.469. The largest absolute Gasteiger partial charge is 0.455 e. The van der Waals surface area contributed by atoms with E-state index in [4.69, 9.17) is 9.15 Å². The summed E-state index contributed by atoms with van der Waals surface area (Å²) in [7, 11) is 1.77. The highest BCUT2D eigenvalue weighted by Crippen LogP contribution is 2.33. The average Bonchev–Trinajstić information content (AvgIpc) is 3.18. The average molecular weight is 410 g/mol. The van der Waals surface area contributed by atoms with E-state index >= 15 is 0 Å². The Morgan fingerprint density at radius 1 is 1.21 bits per heavy atom. The van der Waals surface area contributed by atoms with Crippen molar-refractivity contribution in [1.29, 1.82) is 0 Å². The number of carbonyl (C=O) groups excluding carboxylic acids is 2. The topological polar surface area (TPSA) is 72.6 Å². The highest BCUT2D eigenvalue weighted by Gasteiger charge is 2.27. The molecule has 150 valence electrons. The second-order valence-electron chi connectivity index (χ2n) is 7.01. The minimum Gasteiger partial charge on any atom is -0.455 e. The molecule has 6 nitrogen and oxygen atoms in total. The highest BCUT2D eigenvalue weighted by atomic mass is 32.2. The van der Waals surface area contributed by atoms with Crippen molar-refractivity contribution in [2.24, 2.45) is 0 Å². The van der Waals surface area contributed by atoms with Crippen molar-refractivity contribution in [3.05, 3.63) is 59.7 Å². The first kappa shape index (κ1) is 19.5. The number of carbonyl (C=O) groups is 2. The van der Waals surface area contributed by atoms with Crippen LogP contribution in [0, 0.1) is 0 Å². The SMILES string of the molecule is CN(C(=O)COC(=O)CSc1nc2ccccc2o1)[C@H]1CCCc2ccccc21. The zero-order valence-corrected chi connectivity index (χ0v) is 17.0. The third kappa shape index (κ3) is 4.45. The first-order valence-electron chi connectivity index (χ1n) is 9.59. The molecule has 0 radical (unpaired) electrons. The van der Waals surface area contributed by atoms with Crippen LogP contribution in [-0.4, -0.2) is 41.2 Å². The fourth-order valence-electron chi connectivity index (χ4n) is 3.62. The number of likely N-dealkylation sites (N-methyl/N-ethyl adjacent to an activating group) is 1. The van der Waals surface area contributed by atoms with E-state index in [9.17, 15) is 9.59 Å². The van der Waals surface area contributed by atoms with Crippen molar-refractivity contribution in [3.63, 3.8) is 0 Å². The van der Waals surface area contributed by atoms with Crippen LogP contribution in [0.1, 0.15) is 30.0 Å². The summed E-state index contributed by atoms with van der Waals surface area (Å²) in [5.41, 5.74) is 3.89. The van der Waals surface area contributed by atoms with E-state index in [1.54, 1.807) is 11.9 Å². The molecule has 0 unspecified atom stereocenters. The maximum absolute atomic E-state index is 12.6. The molecule has 0 saturated carbocycles. The molecule has 0 fully saturated rings. The van der Waals surface area contributed by atoms with Gasteiger partial charge in [0.05, 0.1) is 6.04 Å². The number of rotatable bonds is 6. The van der Waals surface area contributed by atoms with Crippen molar-refractivity contribution >= 4 is 34.7 Å². The number of oxazole rings is 1. The third-order valence-electron chi connectivity index (χ3n) is 5.14. The first-order chi connectivity index (χ1) is 14.1. The number of thioether (sulfide) groups is 1. The van der Waals surface area contributed by atoms with Gasteiger partial charge in [0.15, 0.2) is 12.2 Å². The van der Waals surface area contributed by atoms with Gasteiger partial charge in [0.25, 0.3) is 11.1 Å². The molecule has 1 aromatic heterocycles. The Kier molecular flexibility index (Phi) is 5.85. The number of hydrogen-bond donors (Lipinski definition) is 0. The Morgan fingerprint density at radius 2 is 2.00 bits per heavy atom. The van der Waals surface area contributed by atoms with E-state index in [2.05, 4.69) is 17.1 Å². The van der Waals surface area contributed by atoms with Gasteiger partial charge < -0.3 is 14.1 Å². The lowest BCUT2D eigenvalue weighted by atomic mass is 9.87. The van der Waals surface area contributed by atoms with E-state index in [1.165, 1.54) is 11.1 Å². The van der Waals surface area contributed by atoms with E-state index in [-0.39, 0.29) is 24.3 Å². The van der Waals surface area contributed by atoms with Crippen LogP contribution in [0.15, 0.2) is 58.2 Å². The molecule has 0 spiro atoms. The third-order valence-corrected chi connectivity index (χ3v) is 5.94. The van der Waals surface area contributed by atoms with E-state index in [0.717, 1.165) is 36.5 Å². The summed E-state index contributed by atoms with van der Waals surface area (Å²) < 4.78 is 10.7. The molecule has 1 aliphatic carbocycles. The van der Waals surface area contributed by atoms with Crippen LogP contribution in [0.25, 0.3) is 11.1 Å². The molecule has 0 bridgehead atoms. The number of hydrogen-bond acceptors (Lipinski definition) is 6. The van der Waals surface area contributed by atoms with Crippen LogP contribution >= 0.6 is 11.8 Å². The van der Waals surface area contributed by atoms with Gasteiger partial charge >= 0.3 is 5.97 Å². The summed E-state index contributed by atoms with van der Waals surface area (Å²) in [4.78, 5) is 30.6. The fraction of sp³-hybridized carbons (Fsp3) is 0.318. The predicted octanol–water partition coefficient (Wildman–Crippen LogP) is 4.00. The van der Waals surface area contributed by atoms with E-state index in [1.807, 2.05) is 36.4 Å². The molecule has 0 saturated heterocycles. The van der Waals surface area contributed by atoms with Gasteiger partial charge in [-0.2, -0.15) is 0 Å². The van der Waals surface area contributed by atoms with Crippen molar-refractivity contribution in [2.45, 2.75) is 30.5 Å². The number of nitrogens with zero attached hydrogens (tertiary/aromatic N) is 2. The van der Waals surface area contributed by atoms with Gasteiger partial charge in [-0.3, -0.25) is 9.59 Å². The summed E-state index contributed by atoms with van der Waals surface area (Å²) in [6.45, 7) is -0.262. The van der Waals surface area contributed by atoms with Crippen molar-refractivity contribution in [2.75, 3.05) is 19.4 Å². The predicted molar refractivity (Wildman–Crippen MR) is 111 cm³/mol. The lowest BCUT2D eigenvalue weighted by Gasteiger charge is -2.33. The smallest absolute Gasteiger partial charge is 0.316 e. The normalized spacial score (nSPS) is 15.7. The summed E-state index contributed by atoms with van der Waals surface area (Å²) in [5.74, 6) is -0.634. The van der Waals surface area contributed by atoms with Gasteiger partial charge in [-0.25, -0.2) is 4.98 Å². The van der Waals surface area contributed by atoms with Gasteiger partial charge in [-0.15, -0.1) is 0 Å². The molecule has 29 heavy (non-hydrogen) atoms. The highest BCUT2D eigenvalue weighted by molar-refractivity contribution is 7.99. The van der Waals surface area contributed by atoms with Crippen LogP contribution in [-0.2, 0) is 20.7 Å². The van der Waals surface area contributed by atoms with Gasteiger partial charge in [-0.05, 0) is 42.5 Å². The summed E-state index contributed by atoms with van der Waals surface area (Å²) in [6.07, 6.45) is 3.00. The number of benzene rings is 2. The van der Waals surface area contributed by atoms with Crippen LogP contribution in [0.3, 0.4) is 0 Å². The van der Waals surface area contributed by atoms with E-state index < -0.39 is 5.97 Å². The molecular formula is C22H22N2O4S. The molecule has 1 aliphatic rings. The van der Waals surface area contributed by atoms with Crippen LogP contribution < -0.4 is 0 Å². The van der Waals surface area contributed by atoms with Crippen molar-refractivity contribution < 1.29 is 18.7 Å². The Balaban J connectivity index is 1.28. The maximum atomic E-state index is 12.6. The molecule has 7 heteroatoms. The van der Waals surface area contributed by atoms with Gasteiger partial charge in [-0.1, -0.05) is 48.2 Å². The van der Waals surface area contributed by atoms with Gasteiger partial charge in [0, 0.05) is 7.05 Å². The minimum absolute atomic E-state index is 0.0280. The zero-order chi connectivity index (χ0) is 20.2. The number of ether oxygens (including phenoxy) is 1. The maximum Gasteiger partial charge on any atom is 0.316 e. The monoisotopic (exact) mass is 410 g/mol. The van der Waals surface area contributed by atoms with Crippen molar-refractivity contribution in [3.8, 4) is 0 Å². The second kappa shape index (κ2) is 8.69. The fourth-order valence-corrected chi connectivity index (χ4v) is 4.26. The summed E-state index contributed by atoms with van der Waals surface area (Å²) >= 11 is 1.16. The Bertz CT molecular complexity index is 999. The van der Waals surface area contributed by atoms with Crippen LogP contribution in [0.5, 0.6) is 0 Å². The van der Waals surface area contributed by atoms with Crippen LogP contribution in [0.2, 0.25) is 0 Å². The number of fused-ring (bicyclic) bond motifs is 2. The zero-order valence-electron chi connectivity index (χ0n) is 16.2. The number of esters is 1. The summed E-state index contributed by atoms with van der Waals surface area (Å²) in [5, 5.41) is 0.408. The number of aryl methyl sites for hydroxylation is 1. The molecule has 1 amide bonds. The lowest BCUT2D eigenvalue weighted by Crippen LogP contribution is -2.36. The molecule has 2 aromatic carbocycles. The number of para-hydroxylation sites is 2. The Morgan fingerprint density at radius 3 is 2.86 bits per heavy atom. The Labute approximate surface area is 173 Å². The molecule has 1 atom stereocenters. The second-order valence-corrected chi connectivity index (χ2v) is 7.93. The van der Waals surface area contributed by atoms with E-state index in [0.29, 0.717) is 10.8 Å². The molecule has 4 rings (SSSR count). The standard InChI is InChI=1S/C22H22N2O4S/c1-24(18-11-6-8-15-7-2-3-9-16(15)18)20(25)13-27-21(26)14-29-22-23-17-10-4-5-12-19(17)28-22/h2-5,7,9-10,12,18H,6,8,11,13-14H2,1H3/t18-/m0/s1. The Hall–Kier alpha value is -2.80. The van der Waals surface area contributed by atoms with Crippen LogP contribution in [0.4, 0.5) is 0 Å². The molecule has 1 heterocycles. The molecule has 0 N–H and O–H groups in total. The first-order valence-corrected chi connectivity index (χ1v) is 10.6. The lowest BCUT2D eigenvalue weighted by molar-refractivity contribution is -0.150. The quantitative estimate of drug-likeness (QED) is 0.452.